The van der Waals surface area contributed by atoms with E-state index in [1.165, 1.54) is 0 Å². The molecule has 0 saturated heterocycles. The van der Waals surface area contributed by atoms with Gasteiger partial charge < -0.3 is 20.4 Å². The first kappa shape index (κ1) is 17.5. The number of nitrogens with one attached hydrogen (secondary N) is 1. The third-order valence-electron chi connectivity index (χ3n) is 2.16. The largest absolute Gasteiger partial charge is 0.480 e. The van der Waals surface area contributed by atoms with Crippen molar-refractivity contribution in [2.75, 3.05) is 19.7 Å². The predicted molar refractivity (Wildman–Crippen MR) is 59.6 cm³/mol. The number of carboxylic acids is 1. The Balaban J connectivity index is 4.65. The molecule has 6 nitrogen and oxygen atoms in total. The molecule has 0 saturated carbocycles. The van der Waals surface area contributed by atoms with E-state index < -0.39 is 37.4 Å². The van der Waals surface area contributed by atoms with Crippen LogP contribution in [0, 0.1) is 0 Å². The van der Waals surface area contributed by atoms with Crippen LogP contribution in [-0.2, 0) is 4.79 Å². The number of hydrogen-bond donors (Lipinski definition) is 3. The van der Waals surface area contributed by atoms with Gasteiger partial charge in [0.05, 0.1) is 0 Å². The highest BCUT2D eigenvalue weighted by molar-refractivity contribution is 5.82. The van der Waals surface area contributed by atoms with Crippen molar-refractivity contribution in [2.45, 2.75) is 32.0 Å². The molecule has 0 aliphatic carbocycles. The van der Waals surface area contributed by atoms with Gasteiger partial charge in [0.2, 0.25) is 0 Å². The number of carbonyl (C=O) groups is 2. The van der Waals surface area contributed by atoms with Crippen molar-refractivity contribution in [2.24, 2.45) is 0 Å². The normalized spacial score (nSPS) is 12.9. The summed E-state index contributed by atoms with van der Waals surface area (Å²) in [5.74, 6) is -1.41. The molecule has 2 amide bonds. The number of hydrogen-bond acceptors (Lipinski definition) is 3. The minimum atomic E-state index is -4.55. The zero-order valence-corrected chi connectivity index (χ0v) is 10.4. The Morgan fingerprint density at radius 3 is 2.32 bits per heavy atom. The fraction of sp³-hybridized carbons (Fsp3) is 0.800. The van der Waals surface area contributed by atoms with E-state index in [0.29, 0.717) is 11.3 Å². The number of carbonyl (C=O) groups excluding carboxylic acids is 1. The van der Waals surface area contributed by atoms with Crippen LogP contribution in [0.1, 0.15) is 19.8 Å². The fourth-order valence-corrected chi connectivity index (χ4v) is 1.37. The Bertz CT molecular complexity index is 310. The van der Waals surface area contributed by atoms with Gasteiger partial charge >= 0.3 is 18.2 Å². The first-order valence-electron chi connectivity index (χ1n) is 5.67. The minimum Gasteiger partial charge on any atom is -0.480 e. The van der Waals surface area contributed by atoms with E-state index >= 15 is 0 Å². The summed E-state index contributed by atoms with van der Waals surface area (Å²) in [4.78, 5) is 22.8. The van der Waals surface area contributed by atoms with Crippen LogP contribution in [-0.4, -0.2) is 59.0 Å². The van der Waals surface area contributed by atoms with Crippen molar-refractivity contribution in [3.63, 3.8) is 0 Å². The maximum Gasteiger partial charge on any atom is 0.406 e. The van der Waals surface area contributed by atoms with Crippen molar-refractivity contribution in [3.8, 4) is 0 Å². The van der Waals surface area contributed by atoms with Crippen LogP contribution in [0.25, 0.3) is 0 Å². The van der Waals surface area contributed by atoms with Gasteiger partial charge in [-0.15, -0.1) is 0 Å². The van der Waals surface area contributed by atoms with Crippen molar-refractivity contribution in [1.29, 1.82) is 0 Å². The van der Waals surface area contributed by atoms with Gasteiger partial charge in [-0.3, -0.25) is 0 Å². The van der Waals surface area contributed by atoms with Gasteiger partial charge in [-0.05, 0) is 6.42 Å². The van der Waals surface area contributed by atoms with Gasteiger partial charge in [0.15, 0.2) is 0 Å². The van der Waals surface area contributed by atoms with E-state index in [1.807, 2.05) is 5.32 Å². The highest BCUT2D eigenvalue weighted by Gasteiger charge is 2.33. The maximum atomic E-state index is 12.3. The number of urea groups is 1. The smallest absolute Gasteiger partial charge is 0.406 e. The summed E-state index contributed by atoms with van der Waals surface area (Å²) in [5, 5.41) is 19.3. The average molecular weight is 286 g/mol. The lowest BCUT2D eigenvalue weighted by molar-refractivity contribution is -0.141. The van der Waals surface area contributed by atoms with Crippen LogP contribution in [0.2, 0.25) is 0 Å². The molecular formula is C10H17F3N2O4. The van der Waals surface area contributed by atoms with Gasteiger partial charge in [-0.2, -0.15) is 13.2 Å². The summed E-state index contributed by atoms with van der Waals surface area (Å²) in [7, 11) is 0. The number of aliphatic hydroxyl groups is 1. The van der Waals surface area contributed by atoms with Crippen molar-refractivity contribution in [3.05, 3.63) is 0 Å². The van der Waals surface area contributed by atoms with Crippen LogP contribution in [0.4, 0.5) is 18.0 Å². The number of alkyl halides is 3. The molecule has 0 aliphatic rings. The number of amides is 2. The first-order chi connectivity index (χ1) is 8.71. The number of carboxylic acid groups (broad SMARTS) is 1. The minimum absolute atomic E-state index is 0.142. The number of nitrogens with zero attached hydrogens (tertiary/aromatic N) is 1. The summed E-state index contributed by atoms with van der Waals surface area (Å²) in [6.45, 7) is -0.488. The zero-order valence-electron chi connectivity index (χ0n) is 10.4. The Labute approximate surface area is 108 Å². The molecule has 0 bridgehead atoms. The summed E-state index contributed by atoms with van der Waals surface area (Å²) in [5.41, 5.74) is 0. The number of aliphatic hydroxyl groups excluding tert-OH is 1. The molecule has 0 aromatic rings. The van der Waals surface area contributed by atoms with Gasteiger partial charge in [-0.1, -0.05) is 6.92 Å². The third-order valence-corrected chi connectivity index (χ3v) is 2.16. The predicted octanol–water partition coefficient (Wildman–Crippen LogP) is 0.806. The molecule has 0 aliphatic heterocycles. The van der Waals surface area contributed by atoms with E-state index in [0.717, 1.165) is 0 Å². The Morgan fingerprint density at radius 2 is 1.95 bits per heavy atom. The molecular weight excluding hydrogens is 269 g/mol. The maximum absolute atomic E-state index is 12.3. The van der Waals surface area contributed by atoms with Crippen molar-refractivity contribution >= 4 is 12.0 Å². The SMILES string of the molecule is CCCN(CC(F)(F)F)C(=O)N[C@@H](CCO)C(=O)O. The molecule has 0 radical (unpaired) electrons. The number of rotatable bonds is 7. The molecule has 0 unspecified atom stereocenters. The van der Waals surface area contributed by atoms with E-state index in [1.54, 1.807) is 6.92 Å². The van der Waals surface area contributed by atoms with Crippen LogP contribution < -0.4 is 5.32 Å². The second-order valence-corrected chi connectivity index (χ2v) is 3.89. The Kier molecular flexibility index (Phi) is 7.20. The third kappa shape index (κ3) is 7.50. The molecule has 1 atom stereocenters. The molecule has 112 valence electrons. The number of aliphatic carboxylic acids is 1. The lowest BCUT2D eigenvalue weighted by Crippen LogP contribution is -2.50. The lowest BCUT2D eigenvalue weighted by Gasteiger charge is -2.25. The molecule has 9 heteroatoms. The summed E-state index contributed by atoms with van der Waals surface area (Å²) >= 11 is 0. The molecule has 0 spiro atoms. The quantitative estimate of drug-likeness (QED) is 0.646. The second-order valence-electron chi connectivity index (χ2n) is 3.89. The molecule has 0 aromatic carbocycles. The van der Waals surface area contributed by atoms with Gasteiger partial charge in [-0.25, -0.2) is 9.59 Å². The van der Waals surface area contributed by atoms with E-state index in [9.17, 15) is 22.8 Å². The van der Waals surface area contributed by atoms with Crippen LogP contribution in [0.5, 0.6) is 0 Å². The van der Waals surface area contributed by atoms with Crippen molar-refractivity contribution in [1.82, 2.24) is 10.2 Å². The topological polar surface area (TPSA) is 89.9 Å². The zero-order chi connectivity index (χ0) is 15.1. The average Bonchev–Trinajstić information content (AvgIpc) is 2.25. The monoisotopic (exact) mass is 286 g/mol. The summed E-state index contributed by atoms with van der Waals surface area (Å²) < 4.78 is 36.8. The van der Waals surface area contributed by atoms with Gasteiger partial charge in [0.1, 0.15) is 12.6 Å². The van der Waals surface area contributed by atoms with E-state index in [4.69, 9.17) is 10.2 Å². The molecule has 3 N–H and O–H groups in total. The van der Waals surface area contributed by atoms with E-state index in [2.05, 4.69) is 0 Å². The molecule has 0 fully saturated rings. The van der Waals surface area contributed by atoms with Gasteiger partial charge in [0, 0.05) is 19.6 Å². The van der Waals surface area contributed by atoms with Crippen LogP contribution in [0.15, 0.2) is 0 Å². The Morgan fingerprint density at radius 1 is 1.37 bits per heavy atom. The molecule has 19 heavy (non-hydrogen) atoms. The molecule has 0 heterocycles. The van der Waals surface area contributed by atoms with Crippen LogP contribution in [0.3, 0.4) is 0 Å². The first-order valence-corrected chi connectivity index (χ1v) is 5.67. The van der Waals surface area contributed by atoms with Crippen molar-refractivity contribution < 1.29 is 33.0 Å². The number of halogens is 3. The second kappa shape index (κ2) is 7.82. The van der Waals surface area contributed by atoms with Crippen LogP contribution >= 0.6 is 0 Å². The molecule has 0 aromatic heterocycles. The van der Waals surface area contributed by atoms with Gasteiger partial charge in [0.25, 0.3) is 0 Å². The standard InChI is InChI=1S/C10H17F3N2O4/c1-2-4-15(6-10(11,12)13)9(19)14-7(3-5-16)8(17)18/h7,16H,2-6H2,1H3,(H,14,19)(H,17,18)/t7-/m0/s1. The molecule has 0 rings (SSSR count). The Hall–Kier alpha value is -1.51. The van der Waals surface area contributed by atoms with E-state index in [-0.39, 0.29) is 13.0 Å². The fourth-order valence-electron chi connectivity index (χ4n) is 1.37. The highest BCUT2D eigenvalue weighted by Crippen LogP contribution is 2.16. The lowest BCUT2D eigenvalue weighted by atomic mass is 10.2. The highest BCUT2D eigenvalue weighted by atomic mass is 19.4. The summed E-state index contributed by atoms with van der Waals surface area (Å²) in [6, 6.07) is -2.52. The summed E-state index contributed by atoms with van der Waals surface area (Å²) in [6.07, 6.45) is -4.52.